The SMILES string of the molecule is CCCNC(=O)[C@H](Cc1ccccc1)N(Cc1ccc(Cl)cc1)C(=O)CCCN(c1cccc(C)c1C)S(C)(=O)=O. The van der Waals surface area contributed by atoms with Crippen LogP contribution in [0.4, 0.5) is 5.69 Å². The lowest BCUT2D eigenvalue weighted by Gasteiger charge is -2.32. The first kappa shape index (κ1) is 32.2. The van der Waals surface area contributed by atoms with Gasteiger partial charge < -0.3 is 10.2 Å². The normalized spacial score (nSPS) is 12.0. The van der Waals surface area contributed by atoms with Crippen molar-refractivity contribution in [3.05, 3.63) is 100 Å². The van der Waals surface area contributed by atoms with Gasteiger partial charge in [-0.3, -0.25) is 13.9 Å². The Morgan fingerprint density at radius 1 is 0.927 bits per heavy atom. The lowest BCUT2D eigenvalue weighted by atomic mass is 10.0. The van der Waals surface area contributed by atoms with Gasteiger partial charge in [-0.05, 0) is 67.1 Å². The molecule has 3 rings (SSSR count). The minimum absolute atomic E-state index is 0.0802. The fourth-order valence-electron chi connectivity index (χ4n) is 4.69. The number of nitrogens with one attached hydrogen (secondary N) is 1. The van der Waals surface area contributed by atoms with E-state index in [1.165, 1.54) is 10.6 Å². The van der Waals surface area contributed by atoms with Gasteiger partial charge in [0.2, 0.25) is 21.8 Å². The van der Waals surface area contributed by atoms with Gasteiger partial charge in [-0.2, -0.15) is 0 Å². The van der Waals surface area contributed by atoms with E-state index in [1.54, 1.807) is 23.1 Å². The van der Waals surface area contributed by atoms with Crippen molar-refractivity contribution >= 4 is 39.1 Å². The van der Waals surface area contributed by atoms with Crippen LogP contribution >= 0.6 is 11.6 Å². The molecule has 0 aliphatic heterocycles. The first-order chi connectivity index (χ1) is 19.5. The molecule has 9 heteroatoms. The van der Waals surface area contributed by atoms with Crippen molar-refractivity contribution in [1.82, 2.24) is 10.2 Å². The molecule has 0 radical (unpaired) electrons. The number of halogens is 1. The maximum absolute atomic E-state index is 13.9. The Hall–Kier alpha value is -3.36. The Morgan fingerprint density at radius 2 is 1.61 bits per heavy atom. The molecule has 0 heterocycles. The van der Waals surface area contributed by atoms with Crippen LogP contribution in [0, 0.1) is 13.8 Å². The predicted molar refractivity (Wildman–Crippen MR) is 167 cm³/mol. The Kier molecular flexibility index (Phi) is 11.8. The number of carbonyl (C=O) groups excluding carboxylic acids is 2. The third-order valence-corrected chi connectivity index (χ3v) is 8.52. The highest BCUT2D eigenvalue weighted by Gasteiger charge is 2.30. The maximum atomic E-state index is 13.9. The predicted octanol–water partition coefficient (Wildman–Crippen LogP) is 5.67. The summed E-state index contributed by atoms with van der Waals surface area (Å²) in [4.78, 5) is 28.9. The zero-order valence-electron chi connectivity index (χ0n) is 24.3. The van der Waals surface area contributed by atoms with Gasteiger partial charge in [0.25, 0.3) is 0 Å². The highest BCUT2D eigenvalue weighted by molar-refractivity contribution is 7.92. The summed E-state index contributed by atoms with van der Waals surface area (Å²) in [5.41, 5.74) is 4.26. The summed E-state index contributed by atoms with van der Waals surface area (Å²) < 4.78 is 26.8. The Labute approximate surface area is 249 Å². The van der Waals surface area contributed by atoms with E-state index in [1.807, 2.05) is 75.4 Å². The molecular weight excluding hydrogens is 558 g/mol. The van der Waals surface area contributed by atoms with Gasteiger partial charge in [-0.15, -0.1) is 0 Å². The van der Waals surface area contributed by atoms with Crippen LogP contribution in [0.1, 0.15) is 48.4 Å². The number of rotatable bonds is 14. The third-order valence-electron chi connectivity index (χ3n) is 7.08. The number of sulfonamides is 1. The molecule has 1 atom stereocenters. The van der Waals surface area contributed by atoms with Crippen LogP contribution in [0.5, 0.6) is 0 Å². The second kappa shape index (κ2) is 15.0. The van der Waals surface area contributed by atoms with E-state index in [0.29, 0.717) is 30.1 Å². The minimum atomic E-state index is -3.58. The Bertz CT molecular complexity index is 1410. The van der Waals surface area contributed by atoms with Gasteiger partial charge >= 0.3 is 0 Å². The van der Waals surface area contributed by atoms with Gasteiger partial charge in [0.15, 0.2) is 0 Å². The van der Waals surface area contributed by atoms with Gasteiger partial charge in [-0.1, -0.05) is 73.1 Å². The first-order valence-electron chi connectivity index (χ1n) is 13.9. The Morgan fingerprint density at radius 3 is 2.24 bits per heavy atom. The zero-order chi connectivity index (χ0) is 30.0. The second-order valence-electron chi connectivity index (χ2n) is 10.3. The highest BCUT2D eigenvalue weighted by Crippen LogP contribution is 2.26. The fraction of sp³-hybridized carbons (Fsp3) is 0.375. The number of amides is 2. The van der Waals surface area contributed by atoms with Crippen LogP contribution in [-0.2, 0) is 32.6 Å². The molecule has 0 saturated carbocycles. The van der Waals surface area contributed by atoms with Crippen molar-refractivity contribution in [2.75, 3.05) is 23.7 Å². The van der Waals surface area contributed by atoms with Crippen molar-refractivity contribution < 1.29 is 18.0 Å². The standard InChI is InChI=1S/C32H40ClN3O4S/c1-5-20-34-32(38)30(22-26-12-7-6-8-13-26)35(23-27-16-18-28(33)19-17-27)31(37)15-10-21-36(41(4,39)40)29-14-9-11-24(2)25(29)3/h6-9,11-14,16-19,30H,5,10,15,20-23H2,1-4H3,(H,34,38)/t30-/m0/s1. The summed E-state index contributed by atoms with van der Waals surface area (Å²) in [5.74, 6) is -0.437. The van der Waals surface area contributed by atoms with Crippen molar-refractivity contribution in [3.63, 3.8) is 0 Å². The average Bonchev–Trinajstić information content (AvgIpc) is 2.94. The van der Waals surface area contributed by atoms with Crippen LogP contribution in [-0.4, -0.2) is 50.5 Å². The van der Waals surface area contributed by atoms with Crippen LogP contribution < -0.4 is 9.62 Å². The third kappa shape index (κ3) is 9.33. The molecule has 220 valence electrons. The molecule has 41 heavy (non-hydrogen) atoms. The molecule has 0 spiro atoms. The number of hydrogen-bond acceptors (Lipinski definition) is 4. The van der Waals surface area contributed by atoms with Crippen LogP contribution in [0.25, 0.3) is 0 Å². The van der Waals surface area contributed by atoms with Gasteiger partial charge in [0.05, 0.1) is 11.9 Å². The summed E-state index contributed by atoms with van der Waals surface area (Å²) in [5, 5.41) is 3.55. The summed E-state index contributed by atoms with van der Waals surface area (Å²) in [7, 11) is -3.58. The molecule has 0 saturated heterocycles. The molecule has 0 unspecified atom stereocenters. The van der Waals surface area contributed by atoms with Gasteiger partial charge in [0.1, 0.15) is 6.04 Å². The van der Waals surface area contributed by atoms with Crippen LogP contribution in [0.2, 0.25) is 5.02 Å². The molecule has 3 aromatic rings. The molecule has 2 amide bonds. The van der Waals surface area contributed by atoms with E-state index in [0.717, 1.165) is 28.7 Å². The lowest BCUT2D eigenvalue weighted by Crippen LogP contribution is -2.50. The minimum Gasteiger partial charge on any atom is -0.354 e. The number of benzene rings is 3. The summed E-state index contributed by atoms with van der Waals surface area (Å²) in [6, 6.07) is 21.6. The summed E-state index contributed by atoms with van der Waals surface area (Å²) in [6.45, 7) is 6.69. The summed E-state index contributed by atoms with van der Waals surface area (Å²) in [6.07, 6.45) is 2.68. The molecular formula is C32H40ClN3O4S. The van der Waals surface area contributed by atoms with E-state index < -0.39 is 16.1 Å². The quantitative estimate of drug-likeness (QED) is 0.259. The van der Waals surface area contributed by atoms with E-state index in [9.17, 15) is 18.0 Å². The number of anilines is 1. The largest absolute Gasteiger partial charge is 0.354 e. The maximum Gasteiger partial charge on any atom is 0.243 e. The molecule has 0 bridgehead atoms. The molecule has 0 fully saturated rings. The topological polar surface area (TPSA) is 86.8 Å². The molecule has 0 aliphatic carbocycles. The number of carbonyl (C=O) groups is 2. The van der Waals surface area contributed by atoms with Crippen molar-refractivity contribution in [1.29, 1.82) is 0 Å². The smallest absolute Gasteiger partial charge is 0.243 e. The highest BCUT2D eigenvalue weighted by atomic mass is 35.5. The number of aryl methyl sites for hydroxylation is 1. The lowest BCUT2D eigenvalue weighted by molar-refractivity contribution is -0.141. The Balaban J connectivity index is 1.88. The zero-order valence-corrected chi connectivity index (χ0v) is 25.8. The van der Waals surface area contributed by atoms with Gasteiger partial charge in [0, 0.05) is 37.5 Å². The number of hydrogen-bond donors (Lipinski definition) is 1. The van der Waals surface area contributed by atoms with Gasteiger partial charge in [-0.25, -0.2) is 8.42 Å². The van der Waals surface area contributed by atoms with E-state index in [-0.39, 0.29) is 31.3 Å². The van der Waals surface area contributed by atoms with E-state index >= 15 is 0 Å². The molecule has 0 aromatic heterocycles. The van der Waals surface area contributed by atoms with E-state index in [4.69, 9.17) is 11.6 Å². The second-order valence-corrected chi connectivity index (χ2v) is 12.6. The molecule has 7 nitrogen and oxygen atoms in total. The molecule has 3 aromatic carbocycles. The summed E-state index contributed by atoms with van der Waals surface area (Å²) >= 11 is 6.10. The van der Waals surface area contributed by atoms with Crippen molar-refractivity contribution in [2.45, 2.75) is 59.0 Å². The van der Waals surface area contributed by atoms with Crippen molar-refractivity contribution in [3.8, 4) is 0 Å². The first-order valence-corrected chi connectivity index (χ1v) is 16.1. The monoisotopic (exact) mass is 597 g/mol. The van der Waals surface area contributed by atoms with Crippen LogP contribution in [0.3, 0.4) is 0 Å². The van der Waals surface area contributed by atoms with E-state index in [2.05, 4.69) is 5.32 Å². The number of nitrogens with zero attached hydrogens (tertiary/aromatic N) is 2. The molecule has 0 aliphatic rings. The average molecular weight is 598 g/mol. The fourth-order valence-corrected chi connectivity index (χ4v) is 5.84. The van der Waals surface area contributed by atoms with Crippen LogP contribution in [0.15, 0.2) is 72.8 Å². The molecule has 1 N–H and O–H groups in total. The van der Waals surface area contributed by atoms with Crippen molar-refractivity contribution in [2.24, 2.45) is 0 Å².